The van der Waals surface area contributed by atoms with Crippen molar-refractivity contribution in [3.05, 3.63) is 62.9 Å². The number of H-pyrrole nitrogens is 1. The summed E-state index contributed by atoms with van der Waals surface area (Å²) in [6.07, 6.45) is 1.67. The molecule has 122 valence electrons. The van der Waals surface area contributed by atoms with Crippen LogP contribution in [0.2, 0.25) is 0 Å². The van der Waals surface area contributed by atoms with Gasteiger partial charge < -0.3 is 9.72 Å². The number of fused-ring (bicyclic) bond motifs is 1. The summed E-state index contributed by atoms with van der Waals surface area (Å²) < 4.78 is 6.07. The van der Waals surface area contributed by atoms with Gasteiger partial charge in [0.05, 0.1) is 16.9 Å². The molecule has 3 rings (SSSR count). The van der Waals surface area contributed by atoms with E-state index in [9.17, 15) is 4.79 Å². The van der Waals surface area contributed by atoms with Crippen LogP contribution in [-0.2, 0) is 0 Å². The molecule has 0 spiro atoms. The van der Waals surface area contributed by atoms with Gasteiger partial charge in [-0.25, -0.2) is 5.43 Å². The molecule has 0 saturated heterocycles. The lowest BCUT2D eigenvalue weighted by atomic mass is 10.1. The number of ether oxygens (including phenoxy) is 1. The lowest BCUT2D eigenvalue weighted by molar-refractivity contribution is 0.0955. The first-order valence-electron chi connectivity index (χ1n) is 7.34. The minimum atomic E-state index is -0.260. The molecule has 0 atom stereocenters. The van der Waals surface area contributed by atoms with Crippen molar-refractivity contribution in [1.82, 2.24) is 10.4 Å². The van der Waals surface area contributed by atoms with Gasteiger partial charge in [0.15, 0.2) is 0 Å². The molecule has 0 bridgehead atoms. The van der Waals surface area contributed by atoms with Crippen LogP contribution in [0.5, 0.6) is 5.75 Å². The zero-order chi connectivity index (χ0) is 17.1. The Labute approximate surface area is 153 Å². The Bertz CT molecular complexity index is 931. The zero-order valence-electron chi connectivity index (χ0n) is 13.3. The fourth-order valence-corrected chi connectivity index (χ4v) is 3.23. The van der Waals surface area contributed by atoms with Crippen molar-refractivity contribution in [2.24, 2.45) is 5.10 Å². The summed E-state index contributed by atoms with van der Waals surface area (Å²) in [7, 11) is 1.60. The summed E-state index contributed by atoms with van der Waals surface area (Å²) in [5.41, 5.74) is 6.13. The van der Waals surface area contributed by atoms with Gasteiger partial charge >= 0.3 is 0 Å². The number of carbonyl (C=O) groups excluding carboxylic acids is 1. The van der Waals surface area contributed by atoms with Gasteiger partial charge in [0.2, 0.25) is 0 Å². The van der Waals surface area contributed by atoms with Crippen LogP contribution < -0.4 is 10.2 Å². The highest BCUT2D eigenvalue weighted by molar-refractivity contribution is 14.1. The van der Waals surface area contributed by atoms with E-state index in [0.717, 1.165) is 31.5 Å². The van der Waals surface area contributed by atoms with Crippen LogP contribution in [0.4, 0.5) is 0 Å². The van der Waals surface area contributed by atoms with E-state index in [1.54, 1.807) is 31.5 Å². The summed E-state index contributed by atoms with van der Waals surface area (Å²) in [5.74, 6) is 0.481. The fourth-order valence-electron chi connectivity index (χ4n) is 2.49. The van der Waals surface area contributed by atoms with E-state index in [1.165, 1.54) is 0 Å². The number of amides is 1. The number of halogens is 1. The third kappa shape index (κ3) is 3.28. The number of aryl methyl sites for hydroxylation is 1. The molecule has 3 aromatic rings. The van der Waals surface area contributed by atoms with Crippen molar-refractivity contribution in [2.75, 3.05) is 7.11 Å². The summed E-state index contributed by atoms with van der Waals surface area (Å²) in [6, 6.07) is 13.2. The van der Waals surface area contributed by atoms with E-state index in [1.807, 2.05) is 31.2 Å². The normalized spacial score (nSPS) is 11.1. The quantitative estimate of drug-likeness (QED) is 0.373. The second-order valence-corrected chi connectivity index (χ2v) is 6.42. The number of nitrogens with one attached hydrogen (secondary N) is 2. The molecule has 2 aromatic carbocycles. The molecule has 6 heteroatoms. The van der Waals surface area contributed by atoms with Gasteiger partial charge in [0.1, 0.15) is 5.75 Å². The van der Waals surface area contributed by atoms with Gasteiger partial charge in [-0.1, -0.05) is 18.2 Å². The zero-order valence-corrected chi connectivity index (χ0v) is 15.4. The monoisotopic (exact) mass is 433 g/mol. The van der Waals surface area contributed by atoms with Crippen molar-refractivity contribution in [3.63, 3.8) is 0 Å². The van der Waals surface area contributed by atoms with E-state index < -0.39 is 0 Å². The van der Waals surface area contributed by atoms with Crippen molar-refractivity contribution < 1.29 is 9.53 Å². The number of para-hydroxylation sites is 1. The van der Waals surface area contributed by atoms with Gasteiger partial charge in [-0.05, 0) is 53.8 Å². The average molecular weight is 433 g/mol. The standard InChI is InChI=1S/C18H16IN3O2/c1-11-14(13-5-3-4-6-16(13)21-11)10-20-22-18(23)12-7-8-17(24-2)15(19)9-12/h3-10,21H,1-2H3,(H,22,23)/b20-10-. The predicted molar refractivity (Wildman–Crippen MR) is 104 cm³/mol. The maximum atomic E-state index is 12.2. The number of aromatic amines is 1. The number of benzene rings is 2. The third-order valence-electron chi connectivity index (χ3n) is 3.72. The molecule has 0 unspecified atom stereocenters. The summed E-state index contributed by atoms with van der Waals surface area (Å²) in [5, 5.41) is 5.17. The highest BCUT2D eigenvalue weighted by atomic mass is 127. The Morgan fingerprint density at radius 3 is 2.83 bits per heavy atom. The molecule has 0 aliphatic rings. The average Bonchev–Trinajstić information content (AvgIpc) is 2.90. The van der Waals surface area contributed by atoms with Crippen molar-refractivity contribution >= 4 is 45.6 Å². The van der Waals surface area contributed by atoms with Crippen LogP contribution >= 0.6 is 22.6 Å². The van der Waals surface area contributed by atoms with Crippen LogP contribution in [-0.4, -0.2) is 24.2 Å². The predicted octanol–water partition coefficient (Wildman–Crippen LogP) is 3.85. The molecule has 0 radical (unpaired) electrons. The number of hydrazone groups is 1. The van der Waals surface area contributed by atoms with E-state index in [-0.39, 0.29) is 5.91 Å². The third-order valence-corrected chi connectivity index (χ3v) is 4.56. The lowest BCUT2D eigenvalue weighted by Crippen LogP contribution is -2.17. The van der Waals surface area contributed by atoms with E-state index in [0.29, 0.717) is 5.56 Å². The van der Waals surface area contributed by atoms with E-state index in [4.69, 9.17) is 4.74 Å². The largest absolute Gasteiger partial charge is 0.496 e. The number of hydrogen-bond donors (Lipinski definition) is 2. The molecule has 1 amide bonds. The smallest absolute Gasteiger partial charge is 0.271 e. The number of rotatable bonds is 4. The van der Waals surface area contributed by atoms with Gasteiger partial charge in [-0.15, -0.1) is 0 Å². The molecule has 1 aromatic heterocycles. The summed E-state index contributed by atoms with van der Waals surface area (Å²) in [4.78, 5) is 15.5. The van der Waals surface area contributed by atoms with Crippen molar-refractivity contribution in [3.8, 4) is 5.75 Å². The fraction of sp³-hybridized carbons (Fsp3) is 0.111. The minimum absolute atomic E-state index is 0.260. The minimum Gasteiger partial charge on any atom is -0.496 e. The SMILES string of the molecule is COc1ccc(C(=O)N/N=C\c2c(C)[nH]c3ccccc23)cc1I. The number of aromatic nitrogens is 1. The molecular formula is C18H16IN3O2. The van der Waals surface area contributed by atoms with Gasteiger partial charge in [0, 0.05) is 27.7 Å². The molecule has 5 nitrogen and oxygen atoms in total. The number of hydrogen-bond acceptors (Lipinski definition) is 3. The second kappa shape index (κ2) is 7.04. The summed E-state index contributed by atoms with van der Waals surface area (Å²) >= 11 is 2.13. The Kier molecular flexibility index (Phi) is 4.84. The Balaban J connectivity index is 1.77. The molecule has 0 aliphatic heterocycles. The molecule has 0 saturated carbocycles. The number of nitrogens with zero attached hydrogens (tertiary/aromatic N) is 1. The Hall–Kier alpha value is -2.35. The topological polar surface area (TPSA) is 66.5 Å². The van der Waals surface area contributed by atoms with Crippen LogP contribution in [0.1, 0.15) is 21.6 Å². The van der Waals surface area contributed by atoms with Crippen molar-refractivity contribution in [2.45, 2.75) is 6.92 Å². The van der Waals surface area contributed by atoms with Crippen LogP contribution in [0.3, 0.4) is 0 Å². The molecule has 24 heavy (non-hydrogen) atoms. The first kappa shape index (κ1) is 16.5. The first-order valence-corrected chi connectivity index (χ1v) is 8.42. The summed E-state index contributed by atoms with van der Waals surface area (Å²) in [6.45, 7) is 1.98. The lowest BCUT2D eigenvalue weighted by Gasteiger charge is -2.05. The van der Waals surface area contributed by atoms with Crippen molar-refractivity contribution in [1.29, 1.82) is 0 Å². The molecular weight excluding hydrogens is 417 g/mol. The molecule has 2 N–H and O–H groups in total. The van der Waals surface area contributed by atoms with Gasteiger partial charge in [-0.3, -0.25) is 4.79 Å². The van der Waals surface area contributed by atoms with Crippen LogP contribution in [0, 0.1) is 10.5 Å². The van der Waals surface area contributed by atoms with E-state index in [2.05, 4.69) is 38.1 Å². The van der Waals surface area contributed by atoms with Crippen LogP contribution in [0.15, 0.2) is 47.6 Å². The van der Waals surface area contributed by atoms with Crippen LogP contribution in [0.25, 0.3) is 10.9 Å². The molecule has 0 aliphatic carbocycles. The number of carbonyl (C=O) groups is 1. The maximum Gasteiger partial charge on any atom is 0.271 e. The highest BCUT2D eigenvalue weighted by Gasteiger charge is 2.09. The first-order chi connectivity index (χ1) is 11.6. The second-order valence-electron chi connectivity index (χ2n) is 5.26. The van der Waals surface area contributed by atoms with Gasteiger partial charge in [0.25, 0.3) is 5.91 Å². The Morgan fingerprint density at radius 2 is 2.08 bits per heavy atom. The maximum absolute atomic E-state index is 12.2. The van der Waals surface area contributed by atoms with Gasteiger partial charge in [-0.2, -0.15) is 5.10 Å². The highest BCUT2D eigenvalue weighted by Crippen LogP contribution is 2.22. The molecule has 1 heterocycles. The Morgan fingerprint density at radius 1 is 1.29 bits per heavy atom. The van der Waals surface area contributed by atoms with E-state index >= 15 is 0 Å². The molecule has 0 fully saturated rings. The number of methoxy groups -OCH3 is 1.